The van der Waals surface area contributed by atoms with Crippen LogP contribution in [0.2, 0.25) is 0 Å². The molecule has 2 rings (SSSR count). The summed E-state index contributed by atoms with van der Waals surface area (Å²) in [6, 6.07) is 15.6. The molecule has 8 heteroatoms. The van der Waals surface area contributed by atoms with Gasteiger partial charge < -0.3 is 9.80 Å². The van der Waals surface area contributed by atoms with Crippen LogP contribution in [-0.4, -0.2) is 51.4 Å². The Morgan fingerprint density at radius 2 is 1.03 bits per heavy atom. The first kappa shape index (κ1) is 28.6. The van der Waals surface area contributed by atoms with Crippen molar-refractivity contribution in [2.45, 2.75) is 40.5 Å². The van der Waals surface area contributed by atoms with E-state index in [1.54, 1.807) is 0 Å². The molecule has 0 fully saturated rings. The number of nitrogens with zero attached hydrogens (tertiary/aromatic N) is 4. The quantitative estimate of drug-likeness (QED) is 0.263. The highest BCUT2D eigenvalue weighted by molar-refractivity contribution is 6.35. The SMILES string of the molecule is CC(C)CCN(C)c1ccc(/C=N\NC(=O)C(=O)N/N=C/c2ccc(N(C)CCC(C)C)cc2)cc1. The van der Waals surface area contributed by atoms with Gasteiger partial charge >= 0.3 is 11.8 Å². The molecule has 0 radical (unpaired) electrons. The van der Waals surface area contributed by atoms with Gasteiger partial charge in [0.15, 0.2) is 0 Å². The Bertz CT molecular complexity index is 930. The zero-order valence-electron chi connectivity index (χ0n) is 22.4. The summed E-state index contributed by atoms with van der Waals surface area (Å²) in [7, 11) is 4.13. The van der Waals surface area contributed by atoms with Gasteiger partial charge in [0.05, 0.1) is 12.4 Å². The van der Waals surface area contributed by atoms with Crippen LogP contribution in [0.4, 0.5) is 11.4 Å². The third-order valence-electron chi connectivity index (χ3n) is 5.72. The minimum atomic E-state index is -0.893. The molecule has 2 aromatic carbocycles. The predicted octanol–water partition coefficient (Wildman–Crippen LogP) is 4.25. The summed E-state index contributed by atoms with van der Waals surface area (Å²) in [5.41, 5.74) is 8.29. The molecule has 0 atom stereocenters. The van der Waals surface area contributed by atoms with Crippen LogP contribution in [0.5, 0.6) is 0 Å². The van der Waals surface area contributed by atoms with Gasteiger partial charge in [0.1, 0.15) is 0 Å². The van der Waals surface area contributed by atoms with Crippen LogP contribution in [0, 0.1) is 11.8 Å². The second-order valence-corrected chi connectivity index (χ2v) is 9.79. The summed E-state index contributed by atoms with van der Waals surface area (Å²) in [6.07, 6.45) is 5.23. The summed E-state index contributed by atoms with van der Waals surface area (Å²) in [5.74, 6) is -0.474. The molecule has 0 aliphatic rings. The molecule has 36 heavy (non-hydrogen) atoms. The van der Waals surface area contributed by atoms with Gasteiger partial charge in [-0.3, -0.25) is 9.59 Å². The van der Waals surface area contributed by atoms with Gasteiger partial charge in [-0.25, -0.2) is 10.9 Å². The Hall–Kier alpha value is -3.68. The van der Waals surface area contributed by atoms with Crippen LogP contribution in [0.3, 0.4) is 0 Å². The van der Waals surface area contributed by atoms with E-state index in [1.807, 2.05) is 48.5 Å². The highest BCUT2D eigenvalue weighted by Crippen LogP contribution is 2.15. The van der Waals surface area contributed by atoms with E-state index >= 15 is 0 Å². The molecule has 8 nitrogen and oxygen atoms in total. The van der Waals surface area contributed by atoms with Crippen molar-refractivity contribution in [3.05, 3.63) is 59.7 Å². The van der Waals surface area contributed by atoms with Gasteiger partial charge in [-0.15, -0.1) is 0 Å². The molecule has 0 saturated heterocycles. The first-order valence-electron chi connectivity index (χ1n) is 12.4. The summed E-state index contributed by atoms with van der Waals surface area (Å²) in [5, 5.41) is 7.72. The molecule has 2 amide bonds. The third-order valence-corrected chi connectivity index (χ3v) is 5.72. The minimum absolute atomic E-state index is 0.656. The van der Waals surface area contributed by atoms with Gasteiger partial charge in [0.2, 0.25) is 0 Å². The Labute approximate surface area is 215 Å². The largest absolute Gasteiger partial charge is 0.375 e. The monoisotopic (exact) mass is 492 g/mol. The average Bonchev–Trinajstić information content (AvgIpc) is 2.86. The highest BCUT2D eigenvalue weighted by Gasteiger charge is 2.11. The van der Waals surface area contributed by atoms with Crippen molar-refractivity contribution in [3.63, 3.8) is 0 Å². The van der Waals surface area contributed by atoms with E-state index in [-0.39, 0.29) is 0 Å². The molecule has 2 aromatic rings. The lowest BCUT2D eigenvalue weighted by Gasteiger charge is -2.20. The van der Waals surface area contributed by atoms with E-state index in [0.717, 1.165) is 48.4 Å². The van der Waals surface area contributed by atoms with E-state index in [1.165, 1.54) is 12.4 Å². The molecule has 0 aliphatic carbocycles. The molecule has 0 aliphatic heterocycles. The summed E-state index contributed by atoms with van der Waals surface area (Å²) < 4.78 is 0. The van der Waals surface area contributed by atoms with Crippen molar-refractivity contribution >= 4 is 35.6 Å². The maximum atomic E-state index is 12.0. The second kappa shape index (κ2) is 14.7. The van der Waals surface area contributed by atoms with E-state index < -0.39 is 11.8 Å². The Balaban J connectivity index is 1.77. The normalized spacial score (nSPS) is 11.4. The molecular weight excluding hydrogens is 452 g/mol. The Kier molecular flexibility index (Phi) is 11.6. The summed E-state index contributed by atoms with van der Waals surface area (Å²) in [6.45, 7) is 10.8. The topological polar surface area (TPSA) is 89.4 Å². The predicted molar refractivity (Wildman–Crippen MR) is 150 cm³/mol. The van der Waals surface area contributed by atoms with Crippen LogP contribution in [-0.2, 0) is 9.59 Å². The van der Waals surface area contributed by atoms with E-state index in [0.29, 0.717) is 11.8 Å². The molecule has 194 valence electrons. The minimum Gasteiger partial charge on any atom is -0.375 e. The van der Waals surface area contributed by atoms with Crippen molar-refractivity contribution in [2.24, 2.45) is 22.0 Å². The lowest BCUT2D eigenvalue weighted by atomic mass is 10.1. The molecular formula is C28H40N6O2. The Morgan fingerprint density at radius 3 is 1.33 bits per heavy atom. The van der Waals surface area contributed by atoms with Gasteiger partial charge in [-0.05, 0) is 60.1 Å². The van der Waals surface area contributed by atoms with Crippen LogP contribution in [0.15, 0.2) is 58.7 Å². The fraction of sp³-hybridized carbons (Fsp3) is 0.429. The molecule has 0 unspecified atom stereocenters. The van der Waals surface area contributed by atoms with Crippen LogP contribution >= 0.6 is 0 Å². The molecule has 0 spiro atoms. The molecule has 0 saturated carbocycles. The molecule has 2 N–H and O–H groups in total. The molecule has 0 bridgehead atoms. The number of amides is 2. The number of hydrazone groups is 2. The zero-order chi connectivity index (χ0) is 26.5. The van der Waals surface area contributed by atoms with Gasteiger partial charge in [0.25, 0.3) is 0 Å². The number of carbonyl (C=O) groups excluding carboxylic acids is 2. The molecule has 0 aromatic heterocycles. The Morgan fingerprint density at radius 1 is 0.694 bits per heavy atom. The first-order chi connectivity index (χ1) is 17.2. The van der Waals surface area contributed by atoms with Crippen molar-refractivity contribution in [3.8, 4) is 0 Å². The number of hydrogen-bond donors (Lipinski definition) is 2. The maximum Gasteiger partial charge on any atom is 0.331 e. The number of hydrogen-bond acceptors (Lipinski definition) is 6. The number of benzene rings is 2. The smallest absolute Gasteiger partial charge is 0.331 e. The number of nitrogens with one attached hydrogen (secondary N) is 2. The van der Waals surface area contributed by atoms with E-state index in [2.05, 4.69) is 72.6 Å². The van der Waals surface area contributed by atoms with Gasteiger partial charge in [-0.1, -0.05) is 52.0 Å². The fourth-order valence-corrected chi connectivity index (χ4v) is 3.22. The van der Waals surface area contributed by atoms with Crippen LogP contribution in [0.1, 0.15) is 51.7 Å². The standard InChI is InChI=1S/C28H40N6O2/c1-21(2)15-17-33(5)25-11-7-23(8-12-25)19-29-31-27(35)28(36)32-30-20-24-9-13-26(14-10-24)34(6)18-16-22(3)4/h7-14,19-22H,15-18H2,1-6H3,(H,31,35)(H,32,36)/b29-19-,30-20+. The number of anilines is 2. The summed E-state index contributed by atoms with van der Waals surface area (Å²) >= 11 is 0. The van der Waals surface area contributed by atoms with E-state index in [4.69, 9.17) is 0 Å². The van der Waals surface area contributed by atoms with Crippen molar-refractivity contribution < 1.29 is 9.59 Å². The maximum absolute atomic E-state index is 12.0. The number of carbonyl (C=O) groups is 2. The van der Waals surface area contributed by atoms with Gasteiger partial charge in [-0.2, -0.15) is 10.2 Å². The first-order valence-corrected chi connectivity index (χ1v) is 12.4. The lowest BCUT2D eigenvalue weighted by molar-refractivity contribution is -0.139. The average molecular weight is 493 g/mol. The highest BCUT2D eigenvalue weighted by atomic mass is 16.2. The van der Waals surface area contributed by atoms with Crippen LogP contribution < -0.4 is 20.7 Å². The van der Waals surface area contributed by atoms with E-state index in [9.17, 15) is 9.59 Å². The lowest BCUT2D eigenvalue weighted by Crippen LogP contribution is -2.35. The fourth-order valence-electron chi connectivity index (χ4n) is 3.22. The molecule has 0 heterocycles. The van der Waals surface area contributed by atoms with Crippen molar-refractivity contribution in [1.82, 2.24) is 10.9 Å². The van der Waals surface area contributed by atoms with Crippen molar-refractivity contribution in [1.29, 1.82) is 0 Å². The van der Waals surface area contributed by atoms with Crippen molar-refractivity contribution in [2.75, 3.05) is 37.0 Å². The number of rotatable bonds is 12. The second-order valence-electron chi connectivity index (χ2n) is 9.79. The summed E-state index contributed by atoms with van der Waals surface area (Å²) in [4.78, 5) is 28.3. The van der Waals surface area contributed by atoms with Gasteiger partial charge in [0, 0.05) is 38.6 Å². The third kappa shape index (κ3) is 10.3. The van der Waals surface area contributed by atoms with Crippen LogP contribution in [0.25, 0.3) is 0 Å². The zero-order valence-corrected chi connectivity index (χ0v) is 22.4.